The molecule has 3 rings (SSSR count). The average Bonchev–Trinajstić information content (AvgIpc) is 2.94. The lowest BCUT2D eigenvalue weighted by atomic mass is 10.2. The number of anilines is 1. The molecular weight excluding hydrogens is 238 g/mol. The molecule has 0 atom stereocenters. The Hall–Kier alpha value is -2.04. The van der Waals surface area contributed by atoms with Crippen LogP contribution in [0.1, 0.15) is 31.0 Å². The number of aryl methyl sites for hydroxylation is 1. The molecule has 0 aromatic carbocycles. The number of nitrogens with one attached hydrogen (secondary N) is 1. The zero-order chi connectivity index (χ0) is 13.1. The molecule has 0 aliphatic heterocycles. The van der Waals surface area contributed by atoms with Crippen LogP contribution in [0.25, 0.3) is 11.5 Å². The molecule has 5 heteroatoms. The molecule has 0 fully saturated rings. The van der Waals surface area contributed by atoms with Crippen LogP contribution < -0.4 is 5.32 Å². The van der Waals surface area contributed by atoms with E-state index in [1.165, 1.54) is 17.6 Å². The summed E-state index contributed by atoms with van der Waals surface area (Å²) in [7, 11) is 0. The largest absolute Gasteiger partial charge is 0.370 e. The quantitative estimate of drug-likeness (QED) is 0.907. The Morgan fingerprint density at radius 1 is 1.26 bits per heavy atom. The molecule has 2 aromatic rings. The summed E-state index contributed by atoms with van der Waals surface area (Å²) in [6.07, 6.45) is 7.62. The van der Waals surface area contributed by atoms with E-state index in [2.05, 4.69) is 32.2 Å². The highest BCUT2D eigenvalue weighted by atomic mass is 15.1. The fraction of sp³-hybridized carbons (Fsp3) is 0.429. The summed E-state index contributed by atoms with van der Waals surface area (Å²) in [4.78, 5) is 17.5. The maximum Gasteiger partial charge on any atom is 0.180 e. The summed E-state index contributed by atoms with van der Waals surface area (Å²) in [6, 6.07) is 1.85. The van der Waals surface area contributed by atoms with Crippen molar-refractivity contribution in [3.8, 4) is 11.5 Å². The van der Waals surface area contributed by atoms with E-state index in [1.807, 2.05) is 6.07 Å². The molecule has 2 aromatic heterocycles. The van der Waals surface area contributed by atoms with Gasteiger partial charge in [0.25, 0.3) is 0 Å². The van der Waals surface area contributed by atoms with Crippen molar-refractivity contribution < 1.29 is 0 Å². The van der Waals surface area contributed by atoms with Gasteiger partial charge in [-0.2, -0.15) is 0 Å². The van der Waals surface area contributed by atoms with Gasteiger partial charge in [-0.25, -0.2) is 19.9 Å². The van der Waals surface area contributed by atoms with Crippen LogP contribution in [-0.4, -0.2) is 26.5 Å². The van der Waals surface area contributed by atoms with Crippen molar-refractivity contribution in [1.82, 2.24) is 19.9 Å². The molecule has 5 nitrogen and oxygen atoms in total. The van der Waals surface area contributed by atoms with E-state index >= 15 is 0 Å². The maximum absolute atomic E-state index is 4.65. The van der Waals surface area contributed by atoms with Crippen LogP contribution in [0.4, 0.5) is 5.82 Å². The van der Waals surface area contributed by atoms with Crippen LogP contribution in [0.5, 0.6) is 0 Å². The summed E-state index contributed by atoms with van der Waals surface area (Å²) in [6.45, 7) is 3.09. The lowest BCUT2D eigenvalue weighted by molar-refractivity contribution is 0.899. The molecule has 0 saturated heterocycles. The topological polar surface area (TPSA) is 63.6 Å². The van der Waals surface area contributed by atoms with E-state index in [0.29, 0.717) is 5.82 Å². The Morgan fingerprint density at radius 2 is 2.21 bits per heavy atom. The van der Waals surface area contributed by atoms with Gasteiger partial charge in [-0.3, -0.25) is 0 Å². The predicted octanol–water partition coefficient (Wildman–Crippen LogP) is 2.24. The summed E-state index contributed by atoms with van der Waals surface area (Å²) < 4.78 is 0. The Morgan fingerprint density at radius 3 is 3.00 bits per heavy atom. The van der Waals surface area contributed by atoms with Gasteiger partial charge in [0, 0.05) is 24.0 Å². The maximum atomic E-state index is 4.65. The van der Waals surface area contributed by atoms with Crippen molar-refractivity contribution in [2.75, 3.05) is 11.9 Å². The monoisotopic (exact) mass is 255 g/mol. The van der Waals surface area contributed by atoms with Gasteiger partial charge < -0.3 is 5.32 Å². The standard InChI is InChI=1S/C14H17N5/c1-2-7-16-13-10-4-3-5-11(10)18-14(19-13)12-6-8-15-9-17-12/h6,8-9H,2-5,7H2,1H3,(H,16,18,19). The van der Waals surface area contributed by atoms with Crippen LogP contribution in [0.2, 0.25) is 0 Å². The smallest absolute Gasteiger partial charge is 0.180 e. The minimum absolute atomic E-state index is 0.696. The molecule has 19 heavy (non-hydrogen) atoms. The van der Waals surface area contributed by atoms with E-state index < -0.39 is 0 Å². The van der Waals surface area contributed by atoms with E-state index in [4.69, 9.17) is 0 Å². The van der Waals surface area contributed by atoms with Crippen molar-refractivity contribution in [1.29, 1.82) is 0 Å². The molecule has 0 amide bonds. The molecule has 0 saturated carbocycles. The van der Waals surface area contributed by atoms with Gasteiger partial charge in [0.05, 0.1) is 0 Å². The zero-order valence-electron chi connectivity index (χ0n) is 11.1. The SMILES string of the molecule is CCCNc1nc(-c2ccncn2)nc2c1CCC2. The number of fused-ring (bicyclic) bond motifs is 1. The zero-order valence-corrected chi connectivity index (χ0v) is 11.1. The van der Waals surface area contributed by atoms with Gasteiger partial charge in [0.15, 0.2) is 5.82 Å². The summed E-state index contributed by atoms with van der Waals surface area (Å²) in [5.41, 5.74) is 3.23. The van der Waals surface area contributed by atoms with Crippen LogP contribution in [0.3, 0.4) is 0 Å². The molecule has 0 radical (unpaired) electrons. The summed E-state index contributed by atoms with van der Waals surface area (Å²) in [5, 5.41) is 3.41. The van der Waals surface area contributed by atoms with Crippen LogP contribution >= 0.6 is 0 Å². The molecule has 0 bridgehead atoms. The fourth-order valence-electron chi connectivity index (χ4n) is 2.36. The lowest BCUT2D eigenvalue weighted by Crippen LogP contribution is -2.08. The first-order valence-electron chi connectivity index (χ1n) is 6.78. The third-order valence-corrected chi connectivity index (χ3v) is 3.29. The molecule has 1 N–H and O–H groups in total. The van der Waals surface area contributed by atoms with Crippen molar-refractivity contribution in [2.45, 2.75) is 32.6 Å². The van der Waals surface area contributed by atoms with Gasteiger partial charge in [-0.15, -0.1) is 0 Å². The van der Waals surface area contributed by atoms with Crippen molar-refractivity contribution >= 4 is 5.82 Å². The minimum Gasteiger partial charge on any atom is -0.370 e. The van der Waals surface area contributed by atoms with Gasteiger partial charge in [0.1, 0.15) is 17.8 Å². The molecule has 0 unspecified atom stereocenters. The molecule has 2 heterocycles. The first-order chi connectivity index (χ1) is 9.38. The second-order valence-corrected chi connectivity index (χ2v) is 4.70. The molecular formula is C14H17N5. The highest BCUT2D eigenvalue weighted by Gasteiger charge is 2.19. The van der Waals surface area contributed by atoms with Crippen molar-refractivity contribution in [2.24, 2.45) is 0 Å². The normalized spacial score (nSPS) is 13.3. The second kappa shape index (κ2) is 5.30. The van der Waals surface area contributed by atoms with Gasteiger partial charge in [0.2, 0.25) is 0 Å². The highest BCUT2D eigenvalue weighted by Crippen LogP contribution is 2.28. The predicted molar refractivity (Wildman–Crippen MR) is 73.9 cm³/mol. The number of nitrogens with zero attached hydrogens (tertiary/aromatic N) is 4. The third kappa shape index (κ3) is 2.41. The number of aromatic nitrogens is 4. The molecule has 0 spiro atoms. The average molecular weight is 255 g/mol. The van der Waals surface area contributed by atoms with E-state index in [9.17, 15) is 0 Å². The van der Waals surface area contributed by atoms with Crippen molar-refractivity contribution in [3.63, 3.8) is 0 Å². The van der Waals surface area contributed by atoms with Gasteiger partial charge >= 0.3 is 0 Å². The molecule has 1 aliphatic rings. The molecule has 98 valence electrons. The Kier molecular flexibility index (Phi) is 3.35. The Labute approximate surface area is 112 Å². The van der Waals surface area contributed by atoms with Crippen LogP contribution in [0.15, 0.2) is 18.6 Å². The number of rotatable bonds is 4. The first-order valence-corrected chi connectivity index (χ1v) is 6.78. The van der Waals surface area contributed by atoms with Crippen LogP contribution in [-0.2, 0) is 12.8 Å². The minimum atomic E-state index is 0.696. The molecule has 1 aliphatic carbocycles. The first kappa shape index (κ1) is 12.0. The number of hydrogen-bond acceptors (Lipinski definition) is 5. The Balaban J connectivity index is 2.02. The lowest BCUT2D eigenvalue weighted by Gasteiger charge is -2.11. The van der Waals surface area contributed by atoms with Crippen molar-refractivity contribution in [3.05, 3.63) is 29.8 Å². The second-order valence-electron chi connectivity index (χ2n) is 4.70. The van der Waals surface area contributed by atoms with E-state index in [-0.39, 0.29) is 0 Å². The fourth-order valence-corrected chi connectivity index (χ4v) is 2.36. The Bertz CT molecular complexity index is 568. The van der Waals surface area contributed by atoms with Gasteiger partial charge in [-0.05, 0) is 31.7 Å². The van der Waals surface area contributed by atoms with Gasteiger partial charge in [-0.1, -0.05) is 6.92 Å². The van der Waals surface area contributed by atoms with E-state index in [1.54, 1.807) is 6.20 Å². The summed E-state index contributed by atoms with van der Waals surface area (Å²) >= 11 is 0. The van der Waals surface area contributed by atoms with Crippen LogP contribution in [0, 0.1) is 0 Å². The highest BCUT2D eigenvalue weighted by molar-refractivity contribution is 5.57. The van der Waals surface area contributed by atoms with E-state index in [0.717, 1.165) is 43.7 Å². The number of hydrogen-bond donors (Lipinski definition) is 1. The third-order valence-electron chi connectivity index (χ3n) is 3.29. The summed E-state index contributed by atoms with van der Waals surface area (Å²) in [5.74, 6) is 1.68.